The molecule has 4 rings (SSSR count). The minimum atomic E-state index is -2.99. The first-order chi connectivity index (χ1) is 15.3. The quantitative estimate of drug-likeness (QED) is 0.705. The summed E-state index contributed by atoms with van der Waals surface area (Å²) >= 11 is 5.50. The van der Waals surface area contributed by atoms with E-state index in [2.05, 4.69) is 10.3 Å². The smallest absolute Gasteiger partial charge is 0.266 e. The van der Waals surface area contributed by atoms with Crippen molar-refractivity contribution in [3.05, 3.63) is 53.1 Å². The van der Waals surface area contributed by atoms with Crippen molar-refractivity contribution in [1.82, 2.24) is 10.3 Å². The van der Waals surface area contributed by atoms with Crippen LogP contribution in [0.15, 0.2) is 30.5 Å². The van der Waals surface area contributed by atoms with Crippen molar-refractivity contribution in [3.8, 4) is 6.07 Å². The highest BCUT2D eigenvalue weighted by atomic mass is 32.1. The Hall–Kier alpha value is -3.52. The van der Waals surface area contributed by atoms with E-state index in [0.717, 1.165) is 17.2 Å². The molecule has 1 saturated carbocycles. The summed E-state index contributed by atoms with van der Waals surface area (Å²) in [4.78, 5) is 31.6. The van der Waals surface area contributed by atoms with Gasteiger partial charge < -0.3 is 10.2 Å². The lowest BCUT2D eigenvalue weighted by Crippen LogP contribution is -2.55. The molecular formula is C21H16F3N5O2S. The summed E-state index contributed by atoms with van der Waals surface area (Å²) in [5, 5.41) is 11.3. The summed E-state index contributed by atoms with van der Waals surface area (Å²) < 4.78 is 42.2. The number of thiocarbonyl (C=S) groups is 1. The molecule has 2 heterocycles. The number of pyridine rings is 1. The molecular weight excluding hydrogens is 443 g/mol. The normalized spacial score (nSPS) is 17.0. The molecule has 7 nitrogen and oxygen atoms in total. The van der Waals surface area contributed by atoms with Gasteiger partial charge in [0.05, 0.1) is 28.7 Å². The van der Waals surface area contributed by atoms with E-state index in [1.54, 1.807) is 6.07 Å². The van der Waals surface area contributed by atoms with Crippen LogP contribution >= 0.6 is 12.2 Å². The number of hydrogen-bond acceptors (Lipinski definition) is 5. The van der Waals surface area contributed by atoms with Crippen LogP contribution in [0.4, 0.5) is 24.5 Å². The zero-order valence-electron chi connectivity index (χ0n) is 16.7. The Morgan fingerprint density at radius 1 is 1.38 bits per heavy atom. The minimum absolute atomic E-state index is 0.0362. The maximum atomic E-state index is 15.3. The van der Waals surface area contributed by atoms with Crippen LogP contribution in [0.2, 0.25) is 0 Å². The van der Waals surface area contributed by atoms with Crippen LogP contribution in [0.1, 0.15) is 47.3 Å². The molecule has 2 aromatic rings. The first-order valence-corrected chi connectivity index (χ1v) is 10.0. The number of rotatable bonds is 4. The van der Waals surface area contributed by atoms with Crippen LogP contribution in [-0.4, -0.2) is 34.5 Å². The van der Waals surface area contributed by atoms with E-state index in [1.165, 1.54) is 30.1 Å². The molecule has 0 bridgehead atoms. The van der Waals surface area contributed by atoms with Gasteiger partial charge >= 0.3 is 0 Å². The monoisotopic (exact) mass is 459 g/mol. The van der Waals surface area contributed by atoms with Crippen molar-refractivity contribution in [2.24, 2.45) is 0 Å². The van der Waals surface area contributed by atoms with Crippen molar-refractivity contribution >= 4 is 40.5 Å². The predicted octanol–water partition coefficient (Wildman–Crippen LogP) is 3.45. The summed E-state index contributed by atoms with van der Waals surface area (Å²) in [6.07, 6.45) is -0.445. The average molecular weight is 459 g/mol. The van der Waals surface area contributed by atoms with Crippen LogP contribution in [0.25, 0.3) is 0 Å². The Labute approximate surface area is 186 Å². The fourth-order valence-electron chi connectivity index (χ4n) is 4.04. The number of anilines is 2. The largest absolute Gasteiger partial charge is 0.355 e. The Kier molecular flexibility index (Phi) is 5.34. The van der Waals surface area contributed by atoms with E-state index in [1.807, 2.05) is 0 Å². The van der Waals surface area contributed by atoms with Gasteiger partial charge in [0.15, 0.2) is 10.9 Å². The van der Waals surface area contributed by atoms with Crippen LogP contribution in [0.3, 0.4) is 0 Å². The Bertz CT molecular complexity index is 1190. The number of amides is 2. The van der Waals surface area contributed by atoms with Gasteiger partial charge in [0.1, 0.15) is 17.3 Å². The molecule has 164 valence electrons. The Balaban J connectivity index is 1.84. The number of benzene rings is 1. The molecule has 0 atom stereocenters. The second-order valence-electron chi connectivity index (χ2n) is 7.41. The second-order valence-corrected chi connectivity index (χ2v) is 7.77. The molecule has 1 spiro atoms. The SMILES string of the molecule is CNC(=O)c1cccc(N2C(=S)N(c3cnc(C#N)c(C(F)F)c3)C(=O)C23CCC3)c1F. The molecule has 2 fully saturated rings. The van der Waals surface area contributed by atoms with Gasteiger partial charge in [0.25, 0.3) is 18.2 Å². The van der Waals surface area contributed by atoms with Gasteiger partial charge in [-0.15, -0.1) is 0 Å². The number of carbonyl (C=O) groups excluding carboxylic acids is 2. The van der Waals surface area contributed by atoms with Crippen LogP contribution in [-0.2, 0) is 4.79 Å². The molecule has 1 aliphatic carbocycles. The minimum Gasteiger partial charge on any atom is -0.355 e. The van der Waals surface area contributed by atoms with Crippen molar-refractivity contribution in [3.63, 3.8) is 0 Å². The fraction of sp³-hybridized carbons (Fsp3) is 0.286. The number of nitrogens with one attached hydrogen (secondary N) is 1. The molecule has 1 aromatic heterocycles. The van der Waals surface area contributed by atoms with E-state index in [0.29, 0.717) is 19.3 Å². The van der Waals surface area contributed by atoms with Gasteiger partial charge in [0, 0.05) is 7.05 Å². The number of nitriles is 1. The van der Waals surface area contributed by atoms with Gasteiger partial charge in [-0.1, -0.05) is 6.07 Å². The van der Waals surface area contributed by atoms with Gasteiger partial charge in [-0.25, -0.2) is 18.2 Å². The zero-order valence-corrected chi connectivity index (χ0v) is 17.5. The standard InChI is InChI=1S/C21H16F3N5O2S/c1-26-18(30)12-4-2-5-15(16(12)22)29-20(32)28(19(31)21(29)6-3-7-21)11-8-13(17(23)24)14(9-25)27-10-11/h2,4-5,8,10,17H,3,6-7H2,1H3,(H,26,30). The van der Waals surface area contributed by atoms with Crippen LogP contribution in [0.5, 0.6) is 0 Å². The molecule has 2 aliphatic rings. The first kappa shape index (κ1) is 21.7. The van der Waals surface area contributed by atoms with Crippen molar-refractivity contribution < 1.29 is 22.8 Å². The lowest BCUT2D eigenvalue weighted by molar-refractivity contribution is -0.123. The van der Waals surface area contributed by atoms with E-state index in [4.69, 9.17) is 17.5 Å². The van der Waals surface area contributed by atoms with Crippen molar-refractivity contribution in [2.75, 3.05) is 16.8 Å². The fourth-order valence-corrected chi connectivity index (χ4v) is 4.50. The highest BCUT2D eigenvalue weighted by molar-refractivity contribution is 7.81. The van der Waals surface area contributed by atoms with E-state index >= 15 is 4.39 Å². The van der Waals surface area contributed by atoms with Crippen molar-refractivity contribution in [2.45, 2.75) is 31.2 Å². The lowest BCUT2D eigenvalue weighted by atomic mass is 9.75. The second kappa shape index (κ2) is 7.87. The summed E-state index contributed by atoms with van der Waals surface area (Å²) in [6, 6.07) is 6.78. The number of alkyl halides is 2. The van der Waals surface area contributed by atoms with Gasteiger partial charge in [-0.2, -0.15) is 5.26 Å². The zero-order chi connectivity index (χ0) is 23.2. The van der Waals surface area contributed by atoms with Gasteiger partial charge in [-0.05, 0) is 49.7 Å². The maximum Gasteiger partial charge on any atom is 0.266 e. The van der Waals surface area contributed by atoms with E-state index in [9.17, 15) is 18.4 Å². The number of carbonyl (C=O) groups is 2. The molecule has 32 heavy (non-hydrogen) atoms. The third-order valence-corrected chi connectivity index (χ3v) is 6.15. The molecule has 1 aromatic carbocycles. The number of nitrogens with zero attached hydrogens (tertiary/aromatic N) is 4. The number of halogens is 3. The Morgan fingerprint density at radius 2 is 2.09 bits per heavy atom. The summed E-state index contributed by atoms with van der Waals surface area (Å²) in [5.41, 5.74) is -2.57. The summed E-state index contributed by atoms with van der Waals surface area (Å²) in [5.74, 6) is -1.98. The van der Waals surface area contributed by atoms with Crippen LogP contribution in [0, 0.1) is 17.1 Å². The molecule has 0 radical (unpaired) electrons. The summed E-state index contributed by atoms with van der Waals surface area (Å²) in [6.45, 7) is 0. The van der Waals surface area contributed by atoms with Crippen LogP contribution < -0.4 is 15.1 Å². The highest BCUT2D eigenvalue weighted by Gasteiger charge is 2.60. The van der Waals surface area contributed by atoms with Crippen molar-refractivity contribution in [1.29, 1.82) is 5.26 Å². The third kappa shape index (κ3) is 3.02. The molecule has 11 heteroatoms. The Morgan fingerprint density at radius 3 is 2.66 bits per heavy atom. The lowest BCUT2D eigenvalue weighted by Gasteiger charge is -2.43. The molecule has 1 N–H and O–H groups in total. The molecule has 1 saturated heterocycles. The molecule has 1 aliphatic heterocycles. The highest BCUT2D eigenvalue weighted by Crippen LogP contribution is 2.48. The average Bonchev–Trinajstić information content (AvgIpc) is 2.99. The topological polar surface area (TPSA) is 89.3 Å². The number of aromatic nitrogens is 1. The first-order valence-electron chi connectivity index (χ1n) is 9.64. The van der Waals surface area contributed by atoms with Gasteiger partial charge in [0.2, 0.25) is 0 Å². The molecule has 0 unspecified atom stereocenters. The summed E-state index contributed by atoms with van der Waals surface area (Å²) in [7, 11) is 1.37. The van der Waals surface area contributed by atoms with Gasteiger partial charge in [-0.3, -0.25) is 14.5 Å². The van der Waals surface area contributed by atoms with E-state index in [-0.39, 0.29) is 22.1 Å². The molecule has 2 amide bonds. The third-order valence-electron chi connectivity index (χ3n) is 5.79. The maximum absolute atomic E-state index is 15.3. The number of hydrogen-bond donors (Lipinski definition) is 1. The van der Waals surface area contributed by atoms with E-state index < -0.39 is 40.9 Å². The predicted molar refractivity (Wildman–Crippen MR) is 113 cm³/mol.